The van der Waals surface area contributed by atoms with Crippen LogP contribution in [-0.4, -0.2) is 57.9 Å². The van der Waals surface area contributed by atoms with Crippen molar-refractivity contribution in [3.63, 3.8) is 0 Å². The average Bonchev–Trinajstić information content (AvgIpc) is 3.06. The van der Waals surface area contributed by atoms with Crippen molar-refractivity contribution in [2.45, 2.75) is 58.4 Å². The summed E-state index contributed by atoms with van der Waals surface area (Å²) in [5.41, 5.74) is 1.47. The van der Waals surface area contributed by atoms with Gasteiger partial charge in [-0.15, -0.1) is 0 Å². The summed E-state index contributed by atoms with van der Waals surface area (Å²) in [5.74, 6) is 0.844. The first-order valence-corrected chi connectivity index (χ1v) is 8.99. The van der Waals surface area contributed by atoms with Gasteiger partial charge in [-0.25, -0.2) is 9.97 Å². The molecule has 2 aliphatic rings. The third-order valence-electron chi connectivity index (χ3n) is 5.20. The van der Waals surface area contributed by atoms with Crippen LogP contribution in [0.3, 0.4) is 0 Å². The molecule has 1 amide bonds. The second kappa shape index (κ2) is 7.39. The Labute approximate surface area is 139 Å². The van der Waals surface area contributed by atoms with Gasteiger partial charge >= 0.3 is 0 Å². The number of rotatable bonds is 4. The fourth-order valence-corrected chi connectivity index (χ4v) is 3.85. The molecule has 3 heterocycles. The molecule has 0 bridgehead atoms. The second-order valence-electron chi connectivity index (χ2n) is 6.90. The number of piperidine rings is 1. The molecular weight excluding hydrogens is 288 g/mol. The highest BCUT2D eigenvalue weighted by atomic mass is 16.2. The molecule has 126 valence electrons. The SMILES string of the molecule is Cc1ncc(C(=O)N2CCCCC2CCN2CCCC2)c(C)n1. The van der Waals surface area contributed by atoms with Crippen LogP contribution in [0.1, 0.15) is 60.4 Å². The summed E-state index contributed by atoms with van der Waals surface area (Å²) in [6, 6.07) is 0.373. The lowest BCUT2D eigenvalue weighted by atomic mass is 9.98. The monoisotopic (exact) mass is 316 g/mol. The number of carbonyl (C=O) groups is 1. The van der Waals surface area contributed by atoms with Gasteiger partial charge in [-0.05, 0) is 65.5 Å². The first-order chi connectivity index (χ1) is 11.1. The molecule has 3 rings (SSSR count). The molecular formula is C18H28N4O. The Balaban J connectivity index is 1.68. The van der Waals surface area contributed by atoms with Crippen LogP contribution in [-0.2, 0) is 0 Å². The number of carbonyl (C=O) groups excluding carboxylic acids is 1. The van der Waals surface area contributed by atoms with Gasteiger partial charge in [-0.2, -0.15) is 0 Å². The maximum atomic E-state index is 13.0. The van der Waals surface area contributed by atoms with E-state index in [1.165, 1.54) is 32.4 Å². The minimum absolute atomic E-state index is 0.119. The van der Waals surface area contributed by atoms with Crippen molar-refractivity contribution in [2.24, 2.45) is 0 Å². The van der Waals surface area contributed by atoms with Crippen LogP contribution in [0.2, 0.25) is 0 Å². The lowest BCUT2D eigenvalue weighted by molar-refractivity contribution is 0.0586. The molecule has 0 saturated carbocycles. The normalized spacial score (nSPS) is 22.5. The lowest BCUT2D eigenvalue weighted by Gasteiger charge is -2.37. The van der Waals surface area contributed by atoms with Gasteiger partial charge in [0.15, 0.2) is 0 Å². The zero-order valence-electron chi connectivity index (χ0n) is 14.4. The first-order valence-electron chi connectivity index (χ1n) is 8.99. The first kappa shape index (κ1) is 16.4. The van der Waals surface area contributed by atoms with Crippen LogP contribution >= 0.6 is 0 Å². The number of hydrogen-bond acceptors (Lipinski definition) is 4. The number of likely N-dealkylation sites (tertiary alicyclic amines) is 2. The minimum atomic E-state index is 0.119. The zero-order valence-corrected chi connectivity index (χ0v) is 14.4. The van der Waals surface area contributed by atoms with Gasteiger partial charge in [0.25, 0.3) is 5.91 Å². The molecule has 0 spiro atoms. The Hall–Kier alpha value is -1.49. The molecule has 2 fully saturated rings. The van der Waals surface area contributed by atoms with Gasteiger partial charge in [0.1, 0.15) is 5.82 Å². The maximum Gasteiger partial charge on any atom is 0.257 e. The summed E-state index contributed by atoms with van der Waals surface area (Å²) in [6.07, 6.45) is 8.92. The van der Waals surface area contributed by atoms with E-state index in [1.807, 2.05) is 13.8 Å². The van der Waals surface area contributed by atoms with Crippen molar-refractivity contribution in [2.75, 3.05) is 26.2 Å². The number of aryl methyl sites for hydroxylation is 2. The van der Waals surface area contributed by atoms with Gasteiger partial charge in [0.2, 0.25) is 0 Å². The molecule has 2 aliphatic heterocycles. The Morgan fingerprint density at radius 2 is 1.91 bits per heavy atom. The molecule has 23 heavy (non-hydrogen) atoms. The Bertz CT molecular complexity index is 554. The maximum absolute atomic E-state index is 13.0. The molecule has 2 saturated heterocycles. The van der Waals surface area contributed by atoms with E-state index in [0.717, 1.165) is 43.9 Å². The summed E-state index contributed by atoms with van der Waals surface area (Å²) in [7, 11) is 0. The Kier molecular flexibility index (Phi) is 5.26. The van der Waals surface area contributed by atoms with Crippen LogP contribution < -0.4 is 0 Å². The topological polar surface area (TPSA) is 49.3 Å². The molecule has 5 heteroatoms. The van der Waals surface area contributed by atoms with Crippen molar-refractivity contribution in [3.05, 3.63) is 23.3 Å². The van der Waals surface area contributed by atoms with E-state index < -0.39 is 0 Å². The van der Waals surface area contributed by atoms with Crippen molar-refractivity contribution < 1.29 is 4.79 Å². The van der Waals surface area contributed by atoms with Crippen molar-refractivity contribution >= 4 is 5.91 Å². The van der Waals surface area contributed by atoms with E-state index in [4.69, 9.17) is 0 Å². The lowest BCUT2D eigenvalue weighted by Crippen LogP contribution is -2.45. The van der Waals surface area contributed by atoms with Crippen LogP contribution in [0, 0.1) is 13.8 Å². The largest absolute Gasteiger partial charge is 0.336 e. The van der Waals surface area contributed by atoms with Gasteiger partial charge in [-0.1, -0.05) is 0 Å². The molecule has 1 aromatic rings. The highest BCUT2D eigenvalue weighted by Crippen LogP contribution is 2.23. The van der Waals surface area contributed by atoms with Crippen LogP contribution in [0.25, 0.3) is 0 Å². The number of nitrogens with zero attached hydrogens (tertiary/aromatic N) is 4. The van der Waals surface area contributed by atoms with Crippen LogP contribution in [0.4, 0.5) is 0 Å². The van der Waals surface area contributed by atoms with E-state index in [0.29, 0.717) is 11.6 Å². The molecule has 1 unspecified atom stereocenters. The standard InChI is InChI=1S/C18H28N4O/c1-14-17(13-19-15(2)20-14)18(23)22-11-4-3-7-16(22)8-12-21-9-5-6-10-21/h13,16H,3-12H2,1-2H3. The van der Waals surface area contributed by atoms with E-state index in [2.05, 4.69) is 19.8 Å². The van der Waals surface area contributed by atoms with E-state index in [1.54, 1.807) is 6.20 Å². The fraction of sp³-hybridized carbons (Fsp3) is 0.722. The number of amides is 1. The molecule has 0 N–H and O–H groups in total. The summed E-state index contributed by atoms with van der Waals surface area (Å²) < 4.78 is 0. The summed E-state index contributed by atoms with van der Waals surface area (Å²) in [6.45, 7) is 8.22. The molecule has 0 aliphatic carbocycles. The Morgan fingerprint density at radius 3 is 2.65 bits per heavy atom. The Morgan fingerprint density at radius 1 is 1.17 bits per heavy atom. The molecule has 1 atom stereocenters. The quantitative estimate of drug-likeness (QED) is 0.856. The molecule has 0 radical (unpaired) electrons. The van der Waals surface area contributed by atoms with Crippen molar-refractivity contribution in [3.8, 4) is 0 Å². The summed E-state index contributed by atoms with van der Waals surface area (Å²) >= 11 is 0. The highest BCUT2D eigenvalue weighted by Gasteiger charge is 2.29. The predicted molar refractivity (Wildman–Crippen MR) is 90.5 cm³/mol. The molecule has 5 nitrogen and oxygen atoms in total. The fourth-order valence-electron chi connectivity index (χ4n) is 3.85. The molecule has 0 aromatic carbocycles. The summed E-state index contributed by atoms with van der Waals surface area (Å²) in [4.78, 5) is 26.2. The summed E-state index contributed by atoms with van der Waals surface area (Å²) in [5, 5.41) is 0. The van der Waals surface area contributed by atoms with Crippen molar-refractivity contribution in [1.82, 2.24) is 19.8 Å². The molecule has 1 aromatic heterocycles. The smallest absolute Gasteiger partial charge is 0.257 e. The van der Waals surface area contributed by atoms with Gasteiger partial charge in [-0.3, -0.25) is 4.79 Å². The van der Waals surface area contributed by atoms with Gasteiger partial charge in [0, 0.05) is 25.3 Å². The highest BCUT2D eigenvalue weighted by molar-refractivity contribution is 5.95. The zero-order chi connectivity index (χ0) is 16.2. The van der Waals surface area contributed by atoms with E-state index in [-0.39, 0.29) is 5.91 Å². The predicted octanol–water partition coefficient (Wildman–Crippen LogP) is 2.57. The number of hydrogen-bond donors (Lipinski definition) is 0. The van der Waals surface area contributed by atoms with Gasteiger partial charge in [0.05, 0.1) is 11.3 Å². The minimum Gasteiger partial charge on any atom is -0.336 e. The third kappa shape index (κ3) is 3.89. The van der Waals surface area contributed by atoms with E-state index >= 15 is 0 Å². The van der Waals surface area contributed by atoms with Crippen LogP contribution in [0.15, 0.2) is 6.20 Å². The third-order valence-corrected chi connectivity index (χ3v) is 5.20. The van der Waals surface area contributed by atoms with Crippen LogP contribution in [0.5, 0.6) is 0 Å². The van der Waals surface area contributed by atoms with Gasteiger partial charge < -0.3 is 9.80 Å². The van der Waals surface area contributed by atoms with E-state index in [9.17, 15) is 4.79 Å². The number of aromatic nitrogens is 2. The second-order valence-corrected chi connectivity index (χ2v) is 6.90. The van der Waals surface area contributed by atoms with Crippen molar-refractivity contribution in [1.29, 1.82) is 0 Å². The average molecular weight is 316 g/mol.